The number of allylic oxidation sites excluding steroid dienone is 1. The number of hydrogen-bond acceptors (Lipinski definition) is 2. The highest BCUT2D eigenvalue weighted by Gasteiger charge is 2.15. The summed E-state index contributed by atoms with van der Waals surface area (Å²) in [7, 11) is 0. The van der Waals surface area contributed by atoms with Gasteiger partial charge in [-0.15, -0.1) is 0 Å². The van der Waals surface area contributed by atoms with Crippen LogP contribution in [-0.2, 0) is 11.2 Å². The van der Waals surface area contributed by atoms with Crippen LogP contribution in [0.4, 0.5) is 0 Å². The lowest BCUT2D eigenvalue weighted by molar-refractivity contribution is -0.113. The van der Waals surface area contributed by atoms with Crippen molar-refractivity contribution in [3.63, 3.8) is 0 Å². The van der Waals surface area contributed by atoms with Crippen LogP contribution < -0.4 is 0 Å². The molecule has 0 radical (unpaired) electrons. The van der Waals surface area contributed by atoms with Gasteiger partial charge < -0.3 is 0 Å². The van der Waals surface area contributed by atoms with Crippen molar-refractivity contribution in [2.45, 2.75) is 13.3 Å². The molecule has 4 rings (SSSR count). The Morgan fingerprint density at radius 2 is 1.61 bits per heavy atom. The van der Waals surface area contributed by atoms with E-state index in [2.05, 4.69) is 24.0 Å². The van der Waals surface area contributed by atoms with Gasteiger partial charge >= 0.3 is 0 Å². The van der Waals surface area contributed by atoms with Gasteiger partial charge in [0.25, 0.3) is 0 Å². The zero-order chi connectivity index (χ0) is 19.3. The predicted molar refractivity (Wildman–Crippen MR) is 116 cm³/mol. The molecule has 0 aliphatic heterocycles. The topological polar surface area (TPSA) is 30.0 Å². The molecule has 0 aliphatic rings. The van der Waals surface area contributed by atoms with Crippen LogP contribution in [0.3, 0.4) is 0 Å². The number of pyridine rings is 1. The maximum atomic E-state index is 13.4. The Balaban J connectivity index is 1.76. The molecule has 0 unspecified atom stereocenters. The molecule has 0 saturated carbocycles. The van der Waals surface area contributed by atoms with Crippen LogP contribution in [0.1, 0.15) is 22.3 Å². The van der Waals surface area contributed by atoms with E-state index >= 15 is 0 Å². The van der Waals surface area contributed by atoms with Gasteiger partial charge in [-0.3, -0.25) is 9.78 Å². The van der Waals surface area contributed by atoms with E-state index in [0.29, 0.717) is 6.42 Å². The summed E-state index contributed by atoms with van der Waals surface area (Å²) >= 11 is 0. The molecule has 0 atom stereocenters. The number of carbonyl (C=O) groups excluding carboxylic acids is 1. The van der Waals surface area contributed by atoms with Gasteiger partial charge in [-0.1, -0.05) is 78.4 Å². The average molecular weight is 363 g/mol. The number of benzene rings is 3. The van der Waals surface area contributed by atoms with Gasteiger partial charge in [-0.2, -0.15) is 0 Å². The van der Waals surface area contributed by atoms with E-state index in [-0.39, 0.29) is 5.78 Å². The van der Waals surface area contributed by atoms with Gasteiger partial charge in [0.1, 0.15) is 0 Å². The number of aromatic nitrogens is 1. The summed E-state index contributed by atoms with van der Waals surface area (Å²) in [6, 6.07) is 28.0. The lowest BCUT2D eigenvalue weighted by Crippen LogP contribution is -2.07. The van der Waals surface area contributed by atoms with Gasteiger partial charge in [0.05, 0.1) is 5.52 Å². The largest absolute Gasteiger partial charge is 0.294 e. The first-order valence-electron chi connectivity index (χ1n) is 9.40. The number of fused-ring (bicyclic) bond motifs is 1. The monoisotopic (exact) mass is 363 g/mol. The molecule has 0 fully saturated rings. The van der Waals surface area contributed by atoms with E-state index in [4.69, 9.17) is 0 Å². The Hall–Kier alpha value is -3.52. The molecule has 136 valence electrons. The molecule has 1 heterocycles. The second-order valence-corrected chi connectivity index (χ2v) is 6.93. The molecular formula is C26H21NO. The summed E-state index contributed by atoms with van der Waals surface area (Å²) in [5.41, 5.74) is 5.67. The standard InChI is InChI=1S/C26H21NO/c1-19-15-22-13-8-14-27-26(22)23(16-19)18-25(28)24(21-11-6-3-7-12-21)17-20-9-4-2-5-10-20/h2-17H,18H2,1H3/b24-17+. The van der Waals surface area contributed by atoms with E-state index in [1.165, 1.54) is 0 Å². The Morgan fingerprint density at radius 1 is 0.893 bits per heavy atom. The highest BCUT2D eigenvalue weighted by Crippen LogP contribution is 2.24. The predicted octanol–water partition coefficient (Wildman–Crippen LogP) is 5.90. The molecular weight excluding hydrogens is 342 g/mol. The Kier molecular flexibility index (Phi) is 5.11. The summed E-state index contributed by atoms with van der Waals surface area (Å²) in [5, 5.41) is 1.07. The summed E-state index contributed by atoms with van der Waals surface area (Å²) in [5.74, 6) is 0.0904. The fourth-order valence-corrected chi connectivity index (χ4v) is 3.49. The molecule has 0 bridgehead atoms. The Bertz CT molecular complexity index is 1140. The molecule has 3 aromatic carbocycles. The first kappa shape index (κ1) is 17.9. The minimum absolute atomic E-state index is 0.0904. The lowest BCUT2D eigenvalue weighted by Gasteiger charge is -2.10. The molecule has 0 aliphatic carbocycles. The van der Waals surface area contributed by atoms with Crippen LogP contribution in [0, 0.1) is 6.92 Å². The van der Waals surface area contributed by atoms with Gasteiger partial charge in [-0.25, -0.2) is 0 Å². The van der Waals surface area contributed by atoms with Crippen LogP contribution in [-0.4, -0.2) is 10.8 Å². The van der Waals surface area contributed by atoms with E-state index in [1.54, 1.807) is 6.20 Å². The summed E-state index contributed by atoms with van der Waals surface area (Å²) in [4.78, 5) is 17.9. The quantitative estimate of drug-likeness (QED) is 0.327. The van der Waals surface area contributed by atoms with Crippen molar-refractivity contribution in [3.8, 4) is 0 Å². The second-order valence-electron chi connectivity index (χ2n) is 6.93. The van der Waals surface area contributed by atoms with Crippen LogP contribution in [0.5, 0.6) is 0 Å². The molecule has 2 heteroatoms. The van der Waals surface area contributed by atoms with Crippen molar-refractivity contribution < 1.29 is 4.79 Å². The zero-order valence-electron chi connectivity index (χ0n) is 15.8. The first-order chi connectivity index (χ1) is 13.7. The van der Waals surface area contributed by atoms with Gasteiger partial charge in [-0.05, 0) is 41.8 Å². The van der Waals surface area contributed by atoms with E-state index in [0.717, 1.165) is 38.7 Å². The minimum atomic E-state index is 0.0904. The summed E-state index contributed by atoms with van der Waals surface area (Å²) in [6.45, 7) is 2.05. The van der Waals surface area contributed by atoms with Crippen LogP contribution >= 0.6 is 0 Å². The van der Waals surface area contributed by atoms with Gasteiger partial charge in [0.2, 0.25) is 0 Å². The molecule has 2 nitrogen and oxygen atoms in total. The van der Waals surface area contributed by atoms with Crippen LogP contribution in [0.15, 0.2) is 91.1 Å². The normalized spacial score (nSPS) is 11.5. The number of carbonyl (C=O) groups is 1. The fraction of sp³-hybridized carbons (Fsp3) is 0.0769. The van der Waals surface area contributed by atoms with E-state index in [9.17, 15) is 4.79 Å². The number of nitrogens with zero attached hydrogens (tertiary/aromatic N) is 1. The highest BCUT2D eigenvalue weighted by molar-refractivity contribution is 6.26. The van der Waals surface area contributed by atoms with Crippen LogP contribution in [0.2, 0.25) is 0 Å². The number of hydrogen-bond donors (Lipinski definition) is 0. The third-order valence-electron chi connectivity index (χ3n) is 4.77. The smallest absolute Gasteiger partial charge is 0.167 e. The van der Waals surface area contributed by atoms with E-state index in [1.807, 2.05) is 78.9 Å². The maximum Gasteiger partial charge on any atom is 0.167 e. The molecule has 4 aromatic rings. The number of ketones is 1. The fourth-order valence-electron chi connectivity index (χ4n) is 3.49. The molecule has 0 spiro atoms. The maximum absolute atomic E-state index is 13.4. The van der Waals surface area contributed by atoms with Crippen molar-refractivity contribution in [2.75, 3.05) is 0 Å². The number of aryl methyl sites for hydroxylation is 1. The number of rotatable bonds is 5. The lowest BCUT2D eigenvalue weighted by atomic mass is 9.93. The molecule has 0 amide bonds. The van der Waals surface area contributed by atoms with Gasteiger partial charge in [0.15, 0.2) is 5.78 Å². The van der Waals surface area contributed by atoms with Crippen molar-refractivity contribution in [3.05, 3.63) is 113 Å². The van der Waals surface area contributed by atoms with Crippen molar-refractivity contribution >= 4 is 28.3 Å². The van der Waals surface area contributed by atoms with Crippen LogP contribution in [0.25, 0.3) is 22.6 Å². The average Bonchev–Trinajstić information content (AvgIpc) is 2.73. The Morgan fingerprint density at radius 3 is 2.36 bits per heavy atom. The first-order valence-corrected chi connectivity index (χ1v) is 9.40. The van der Waals surface area contributed by atoms with Crippen molar-refractivity contribution in [2.24, 2.45) is 0 Å². The molecule has 1 aromatic heterocycles. The third kappa shape index (κ3) is 3.91. The van der Waals surface area contributed by atoms with Gasteiger partial charge in [0, 0.05) is 23.6 Å². The Labute approximate surface area is 165 Å². The molecule has 28 heavy (non-hydrogen) atoms. The minimum Gasteiger partial charge on any atom is -0.294 e. The van der Waals surface area contributed by atoms with Crippen molar-refractivity contribution in [1.29, 1.82) is 0 Å². The highest BCUT2D eigenvalue weighted by atomic mass is 16.1. The third-order valence-corrected chi connectivity index (χ3v) is 4.77. The number of Topliss-reactive ketones (excluding diaryl/α,β-unsaturated/α-hetero) is 1. The van der Waals surface area contributed by atoms with Crippen molar-refractivity contribution in [1.82, 2.24) is 4.98 Å². The zero-order valence-corrected chi connectivity index (χ0v) is 15.8. The SMILES string of the molecule is Cc1cc(CC(=O)/C(=C/c2ccccc2)c2ccccc2)c2ncccc2c1. The second kappa shape index (κ2) is 8.01. The van der Waals surface area contributed by atoms with E-state index < -0.39 is 0 Å². The molecule has 0 N–H and O–H groups in total. The summed E-state index contributed by atoms with van der Waals surface area (Å²) in [6.07, 6.45) is 4.08. The summed E-state index contributed by atoms with van der Waals surface area (Å²) < 4.78 is 0. The molecule has 0 saturated heterocycles.